The molecular weight excluding hydrogens is 502 g/mol. The molecule has 8 nitrogen and oxygen atoms in total. The van der Waals surface area contributed by atoms with Gasteiger partial charge >= 0.3 is 11.9 Å². The number of carbonyl (C=O) groups excluding carboxylic acids is 3. The molecule has 0 bridgehead atoms. The van der Waals surface area contributed by atoms with Gasteiger partial charge in [0.15, 0.2) is 5.17 Å². The van der Waals surface area contributed by atoms with Gasteiger partial charge in [-0.1, -0.05) is 35.5 Å². The molecule has 10 heteroatoms. The number of fused-ring (bicyclic) bond motifs is 1. The highest BCUT2D eigenvalue weighted by Gasteiger charge is 2.41. The van der Waals surface area contributed by atoms with Crippen molar-refractivity contribution in [1.82, 2.24) is 9.80 Å². The van der Waals surface area contributed by atoms with E-state index in [0.717, 1.165) is 17.7 Å². The molecule has 3 aliphatic heterocycles. The molecule has 1 amide bonds. The van der Waals surface area contributed by atoms with E-state index in [4.69, 9.17) is 21.1 Å². The van der Waals surface area contributed by atoms with Gasteiger partial charge in [0.2, 0.25) is 5.91 Å². The monoisotopic (exact) mass is 531 g/mol. The van der Waals surface area contributed by atoms with E-state index in [-0.39, 0.29) is 30.8 Å². The molecular formula is C26H30ClN3O5S. The Morgan fingerprint density at radius 1 is 1.19 bits per heavy atom. The highest BCUT2D eigenvalue weighted by atomic mass is 35.5. The van der Waals surface area contributed by atoms with Gasteiger partial charge in [-0.2, -0.15) is 0 Å². The van der Waals surface area contributed by atoms with Gasteiger partial charge in [0.25, 0.3) is 0 Å². The number of aliphatic imine (C=N–C) groups is 1. The topological polar surface area (TPSA) is 88.5 Å². The number of amides is 1. The number of esters is 2. The highest BCUT2D eigenvalue weighted by molar-refractivity contribution is 8.16. The first-order valence-electron chi connectivity index (χ1n) is 12.1. The Kier molecular flexibility index (Phi) is 8.41. The number of amidine groups is 1. The number of hydrogen-bond acceptors (Lipinski definition) is 8. The van der Waals surface area contributed by atoms with Gasteiger partial charge in [-0.05, 0) is 56.7 Å². The first kappa shape index (κ1) is 26.3. The lowest BCUT2D eigenvalue weighted by atomic mass is 9.93. The van der Waals surface area contributed by atoms with E-state index < -0.39 is 12.0 Å². The molecule has 2 atom stereocenters. The van der Waals surface area contributed by atoms with Crippen LogP contribution in [-0.2, 0) is 23.9 Å². The lowest BCUT2D eigenvalue weighted by Gasteiger charge is -2.37. The van der Waals surface area contributed by atoms with Crippen LogP contribution in [-0.4, -0.2) is 59.1 Å². The van der Waals surface area contributed by atoms with Gasteiger partial charge in [-0.3, -0.25) is 9.59 Å². The molecule has 0 unspecified atom stereocenters. The summed E-state index contributed by atoms with van der Waals surface area (Å²) < 4.78 is 10.6. The average Bonchev–Trinajstić information content (AvgIpc) is 3.25. The highest BCUT2D eigenvalue weighted by Crippen LogP contribution is 2.45. The van der Waals surface area contributed by atoms with Crippen LogP contribution in [0.3, 0.4) is 0 Å². The first-order valence-corrected chi connectivity index (χ1v) is 13.4. The Bertz CT molecular complexity index is 1150. The van der Waals surface area contributed by atoms with Crippen LogP contribution >= 0.6 is 23.4 Å². The summed E-state index contributed by atoms with van der Waals surface area (Å²) in [6, 6.07) is 6.81. The van der Waals surface area contributed by atoms with Crippen LogP contribution in [0.5, 0.6) is 0 Å². The number of thioether (sulfide) groups is 1. The molecule has 1 saturated heterocycles. The molecule has 0 spiro atoms. The number of carbonyl (C=O) groups is 3. The van der Waals surface area contributed by atoms with Crippen molar-refractivity contribution in [3.05, 3.63) is 57.2 Å². The molecule has 3 heterocycles. The standard InChI is InChI=1S/C26H30ClN3O5S/c1-4-34-24(32)18-9-7-11-29(14-18)21(31)13-20-15-36-26-28-16(3)22(25(33)35-5-2)23(30(20)26)17-8-6-10-19(27)12-17/h6,8,10,12,15,18,23H,4-5,7,9,11,13-14H2,1-3H3/t18-,23-/m1/s1. The maximum Gasteiger partial charge on any atom is 0.338 e. The largest absolute Gasteiger partial charge is 0.466 e. The van der Waals surface area contributed by atoms with Crippen molar-refractivity contribution in [1.29, 1.82) is 0 Å². The van der Waals surface area contributed by atoms with Crippen LogP contribution < -0.4 is 0 Å². The molecule has 0 radical (unpaired) electrons. The van der Waals surface area contributed by atoms with Crippen molar-refractivity contribution < 1.29 is 23.9 Å². The van der Waals surface area contributed by atoms with Gasteiger partial charge in [0.1, 0.15) is 0 Å². The minimum Gasteiger partial charge on any atom is -0.466 e. The fourth-order valence-corrected chi connectivity index (χ4v) is 5.92. The molecule has 0 saturated carbocycles. The number of halogens is 1. The molecule has 0 aromatic heterocycles. The van der Waals surface area contributed by atoms with Crippen molar-refractivity contribution in [3.8, 4) is 0 Å². The number of hydrogen-bond donors (Lipinski definition) is 0. The molecule has 0 aliphatic carbocycles. The van der Waals surface area contributed by atoms with Gasteiger partial charge in [0, 0.05) is 23.8 Å². The molecule has 1 aromatic rings. The summed E-state index contributed by atoms with van der Waals surface area (Å²) in [5.74, 6) is -1.08. The zero-order valence-electron chi connectivity index (χ0n) is 20.7. The zero-order valence-corrected chi connectivity index (χ0v) is 22.2. The Morgan fingerprint density at radius 3 is 2.69 bits per heavy atom. The van der Waals surface area contributed by atoms with E-state index in [1.54, 1.807) is 31.7 Å². The Hall–Kier alpha value is -2.78. The Balaban J connectivity index is 1.60. The average molecular weight is 532 g/mol. The van der Waals surface area contributed by atoms with Crippen molar-refractivity contribution in [2.75, 3.05) is 26.3 Å². The van der Waals surface area contributed by atoms with Crippen molar-refractivity contribution in [3.63, 3.8) is 0 Å². The maximum atomic E-state index is 13.4. The summed E-state index contributed by atoms with van der Waals surface area (Å²) in [5, 5.41) is 3.14. The lowest BCUT2D eigenvalue weighted by Crippen LogP contribution is -2.44. The summed E-state index contributed by atoms with van der Waals surface area (Å²) in [6.45, 7) is 6.85. The number of piperidine rings is 1. The van der Waals surface area contributed by atoms with Crippen molar-refractivity contribution in [2.45, 2.75) is 46.1 Å². The molecule has 4 rings (SSSR count). The number of allylic oxidation sites excluding steroid dienone is 1. The minimum atomic E-state index is -0.530. The van der Waals surface area contributed by atoms with E-state index in [1.807, 2.05) is 28.5 Å². The first-order chi connectivity index (χ1) is 17.3. The van der Waals surface area contributed by atoms with Crippen LogP contribution in [0.15, 0.2) is 51.6 Å². The molecule has 0 N–H and O–H groups in total. The molecule has 1 fully saturated rings. The van der Waals surface area contributed by atoms with Gasteiger partial charge in [-0.15, -0.1) is 0 Å². The second-order valence-electron chi connectivity index (χ2n) is 8.78. The smallest absolute Gasteiger partial charge is 0.338 e. The van der Waals surface area contributed by atoms with Crippen LogP contribution in [0.4, 0.5) is 0 Å². The lowest BCUT2D eigenvalue weighted by molar-refractivity contribution is -0.151. The van der Waals surface area contributed by atoms with Crippen molar-refractivity contribution in [2.24, 2.45) is 10.9 Å². The summed E-state index contributed by atoms with van der Waals surface area (Å²) in [5.41, 5.74) is 2.54. The van der Waals surface area contributed by atoms with Crippen LogP contribution in [0.1, 0.15) is 51.6 Å². The van der Waals surface area contributed by atoms with Crippen LogP contribution in [0.2, 0.25) is 5.02 Å². The molecule has 192 valence electrons. The summed E-state index contributed by atoms with van der Waals surface area (Å²) in [7, 11) is 0. The van der Waals surface area contributed by atoms with E-state index in [1.165, 1.54) is 11.8 Å². The predicted molar refractivity (Wildman–Crippen MR) is 139 cm³/mol. The molecule has 36 heavy (non-hydrogen) atoms. The zero-order chi connectivity index (χ0) is 25.8. The van der Waals surface area contributed by atoms with Crippen LogP contribution in [0.25, 0.3) is 0 Å². The minimum absolute atomic E-state index is 0.0779. The summed E-state index contributed by atoms with van der Waals surface area (Å²) in [4.78, 5) is 47.0. The number of rotatable bonds is 7. The Morgan fingerprint density at radius 2 is 1.97 bits per heavy atom. The second kappa shape index (κ2) is 11.5. The maximum absolute atomic E-state index is 13.4. The third-order valence-corrected chi connectivity index (χ3v) is 7.51. The van der Waals surface area contributed by atoms with Gasteiger partial charge < -0.3 is 19.3 Å². The number of likely N-dealkylation sites (tertiary alicyclic amines) is 1. The third kappa shape index (κ3) is 5.47. The molecule has 1 aromatic carbocycles. The van der Waals surface area contributed by atoms with E-state index >= 15 is 0 Å². The van der Waals surface area contributed by atoms with Crippen LogP contribution in [0, 0.1) is 5.92 Å². The number of benzene rings is 1. The van der Waals surface area contributed by atoms with E-state index in [9.17, 15) is 14.4 Å². The number of ether oxygens (including phenoxy) is 2. The summed E-state index contributed by atoms with van der Waals surface area (Å²) >= 11 is 7.73. The van der Waals surface area contributed by atoms with Crippen molar-refractivity contribution >= 4 is 46.4 Å². The number of nitrogens with zero attached hydrogens (tertiary/aromatic N) is 3. The fraction of sp³-hybridized carbons (Fsp3) is 0.462. The third-order valence-electron chi connectivity index (χ3n) is 6.39. The fourth-order valence-electron chi connectivity index (χ4n) is 4.75. The summed E-state index contributed by atoms with van der Waals surface area (Å²) in [6.07, 6.45) is 1.58. The van der Waals surface area contributed by atoms with Gasteiger partial charge in [-0.25, -0.2) is 9.79 Å². The van der Waals surface area contributed by atoms with Gasteiger partial charge in [0.05, 0.1) is 42.9 Å². The second-order valence-corrected chi connectivity index (χ2v) is 10.0. The molecule has 3 aliphatic rings. The Labute approximate surface area is 220 Å². The van der Waals surface area contributed by atoms with E-state index in [2.05, 4.69) is 4.99 Å². The SMILES string of the molecule is CCOC(=O)C1=C(C)N=C2SC=C(CC(=O)N3CCC[C@@H](C(=O)OCC)C3)N2[C@@H]1c1cccc(Cl)c1. The van der Waals surface area contributed by atoms with E-state index in [0.29, 0.717) is 47.6 Å². The normalized spacial score (nSPS) is 21.6. The quantitative estimate of drug-likeness (QED) is 0.472. The predicted octanol–water partition coefficient (Wildman–Crippen LogP) is 4.67.